The fraction of sp³-hybridized carbons (Fsp3) is 0.538. The number of aliphatic hydroxyl groups excluding tert-OH is 1. The summed E-state index contributed by atoms with van der Waals surface area (Å²) in [5.74, 6) is 1.40. The van der Waals surface area contributed by atoms with Crippen LogP contribution in [0.4, 0.5) is 0 Å². The number of fused-ring (bicyclic) bond motifs is 1. The van der Waals surface area contributed by atoms with Gasteiger partial charge in [-0.2, -0.15) is 0 Å². The molecule has 0 amide bonds. The summed E-state index contributed by atoms with van der Waals surface area (Å²) >= 11 is 0. The molecule has 98 valence electrons. The lowest BCUT2D eigenvalue weighted by molar-refractivity contribution is -0.0131. The average molecular weight is 252 g/mol. The van der Waals surface area contributed by atoms with Crippen molar-refractivity contribution in [2.75, 3.05) is 26.6 Å². The van der Waals surface area contributed by atoms with Gasteiger partial charge in [-0.15, -0.1) is 0 Å². The molecule has 0 bridgehead atoms. The van der Waals surface area contributed by atoms with Crippen LogP contribution in [0.25, 0.3) is 0 Å². The topological polar surface area (TPSA) is 57.2 Å². The zero-order chi connectivity index (χ0) is 12.4. The number of benzene rings is 1. The Morgan fingerprint density at radius 1 is 1.33 bits per heavy atom. The fourth-order valence-corrected chi connectivity index (χ4v) is 2.09. The van der Waals surface area contributed by atoms with Crippen LogP contribution in [-0.4, -0.2) is 37.8 Å². The van der Waals surface area contributed by atoms with Gasteiger partial charge in [-0.3, -0.25) is 0 Å². The van der Waals surface area contributed by atoms with Gasteiger partial charge in [-0.25, -0.2) is 0 Å². The van der Waals surface area contributed by atoms with Crippen LogP contribution in [-0.2, 0) is 9.47 Å². The third-order valence-corrected chi connectivity index (χ3v) is 3.16. The smallest absolute Gasteiger partial charge is 0.231 e. The van der Waals surface area contributed by atoms with Crippen molar-refractivity contribution in [3.05, 3.63) is 23.8 Å². The predicted molar refractivity (Wildman–Crippen MR) is 62.7 cm³/mol. The fourth-order valence-electron chi connectivity index (χ4n) is 2.09. The predicted octanol–water partition coefficient (Wildman–Crippen LogP) is 1.25. The molecule has 5 heteroatoms. The molecule has 2 heterocycles. The molecular formula is C13H16O5. The molecule has 0 radical (unpaired) electrons. The number of rotatable bonds is 4. The Balaban J connectivity index is 1.59. The summed E-state index contributed by atoms with van der Waals surface area (Å²) in [7, 11) is 0. The Hall–Kier alpha value is -1.30. The monoisotopic (exact) mass is 252 g/mol. The van der Waals surface area contributed by atoms with Crippen LogP contribution in [0.15, 0.2) is 18.2 Å². The first kappa shape index (κ1) is 11.8. The van der Waals surface area contributed by atoms with Gasteiger partial charge in [0.2, 0.25) is 6.79 Å². The molecule has 2 aliphatic heterocycles. The second-order valence-corrected chi connectivity index (χ2v) is 4.45. The van der Waals surface area contributed by atoms with Gasteiger partial charge in [0.1, 0.15) is 6.10 Å². The van der Waals surface area contributed by atoms with E-state index >= 15 is 0 Å². The van der Waals surface area contributed by atoms with Gasteiger partial charge >= 0.3 is 0 Å². The molecule has 0 aromatic heterocycles. The van der Waals surface area contributed by atoms with Crippen molar-refractivity contribution < 1.29 is 24.1 Å². The van der Waals surface area contributed by atoms with Crippen LogP contribution in [0.5, 0.6) is 11.5 Å². The first-order valence-electron chi connectivity index (χ1n) is 6.10. The zero-order valence-electron chi connectivity index (χ0n) is 10.0. The van der Waals surface area contributed by atoms with Gasteiger partial charge in [0, 0.05) is 6.61 Å². The number of hydrogen-bond donors (Lipinski definition) is 1. The van der Waals surface area contributed by atoms with Gasteiger partial charge in [-0.05, 0) is 24.1 Å². The van der Waals surface area contributed by atoms with Crippen molar-refractivity contribution in [2.24, 2.45) is 0 Å². The molecule has 0 spiro atoms. The minimum atomic E-state index is -0.653. The van der Waals surface area contributed by atoms with E-state index in [0.29, 0.717) is 12.4 Å². The first-order chi connectivity index (χ1) is 8.83. The van der Waals surface area contributed by atoms with Crippen molar-refractivity contribution in [3.63, 3.8) is 0 Å². The Kier molecular flexibility index (Phi) is 3.36. The molecule has 2 aliphatic rings. The van der Waals surface area contributed by atoms with E-state index in [4.69, 9.17) is 18.9 Å². The number of aliphatic hydroxyl groups is 1. The van der Waals surface area contributed by atoms with Crippen LogP contribution in [0.3, 0.4) is 0 Å². The maximum atomic E-state index is 10.0. The van der Waals surface area contributed by atoms with E-state index in [2.05, 4.69) is 0 Å². The molecule has 5 nitrogen and oxygen atoms in total. The van der Waals surface area contributed by atoms with Crippen LogP contribution in [0.2, 0.25) is 0 Å². The van der Waals surface area contributed by atoms with E-state index in [1.165, 1.54) is 0 Å². The Morgan fingerprint density at radius 2 is 2.22 bits per heavy atom. The second-order valence-electron chi connectivity index (χ2n) is 4.45. The van der Waals surface area contributed by atoms with E-state index in [1.54, 1.807) is 12.1 Å². The van der Waals surface area contributed by atoms with E-state index in [0.717, 1.165) is 24.3 Å². The standard InChI is InChI=1S/C13H16O5/c14-11(7-16-10-3-4-15-6-10)9-1-2-12-13(5-9)18-8-17-12/h1-2,5,10-11,14H,3-4,6-8H2. The van der Waals surface area contributed by atoms with E-state index < -0.39 is 6.10 Å². The van der Waals surface area contributed by atoms with E-state index in [9.17, 15) is 5.11 Å². The lowest BCUT2D eigenvalue weighted by atomic mass is 10.1. The van der Waals surface area contributed by atoms with Gasteiger partial charge < -0.3 is 24.1 Å². The maximum absolute atomic E-state index is 10.0. The highest BCUT2D eigenvalue weighted by Gasteiger charge is 2.20. The summed E-state index contributed by atoms with van der Waals surface area (Å²) < 4.78 is 21.3. The molecule has 1 N–H and O–H groups in total. The van der Waals surface area contributed by atoms with E-state index in [-0.39, 0.29) is 19.5 Å². The van der Waals surface area contributed by atoms with E-state index in [1.807, 2.05) is 6.07 Å². The van der Waals surface area contributed by atoms with Crippen molar-refractivity contribution >= 4 is 0 Å². The quantitative estimate of drug-likeness (QED) is 0.874. The highest BCUT2D eigenvalue weighted by molar-refractivity contribution is 5.45. The number of ether oxygens (including phenoxy) is 4. The molecule has 1 aromatic rings. The molecule has 2 atom stereocenters. The SMILES string of the molecule is OC(COC1CCOC1)c1ccc2c(c1)OCO2. The summed E-state index contributed by atoms with van der Waals surface area (Å²) in [6, 6.07) is 5.42. The van der Waals surface area contributed by atoms with Gasteiger partial charge in [0.15, 0.2) is 11.5 Å². The molecule has 18 heavy (non-hydrogen) atoms. The molecular weight excluding hydrogens is 236 g/mol. The van der Waals surface area contributed by atoms with Gasteiger partial charge in [0.05, 0.1) is 19.3 Å². The Labute approximate surface area is 105 Å². The van der Waals surface area contributed by atoms with Crippen molar-refractivity contribution in [1.29, 1.82) is 0 Å². The van der Waals surface area contributed by atoms with Crippen molar-refractivity contribution in [2.45, 2.75) is 18.6 Å². The molecule has 0 aliphatic carbocycles. The zero-order valence-corrected chi connectivity index (χ0v) is 10.0. The molecule has 1 saturated heterocycles. The highest BCUT2D eigenvalue weighted by atomic mass is 16.7. The van der Waals surface area contributed by atoms with Crippen LogP contribution < -0.4 is 9.47 Å². The third-order valence-electron chi connectivity index (χ3n) is 3.16. The largest absolute Gasteiger partial charge is 0.454 e. The minimum Gasteiger partial charge on any atom is -0.454 e. The average Bonchev–Trinajstić information content (AvgIpc) is 3.05. The summed E-state index contributed by atoms with van der Waals surface area (Å²) in [5, 5.41) is 10.0. The second kappa shape index (κ2) is 5.14. The molecule has 3 rings (SSSR count). The normalized spacial score (nSPS) is 23.3. The van der Waals surface area contributed by atoms with Crippen molar-refractivity contribution in [3.8, 4) is 11.5 Å². The first-order valence-corrected chi connectivity index (χ1v) is 6.10. The molecule has 1 aromatic carbocycles. The summed E-state index contributed by atoms with van der Waals surface area (Å²) in [6.07, 6.45) is 0.349. The number of hydrogen-bond acceptors (Lipinski definition) is 5. The van der Waals surface area contributed by atoms with Gasteiger partial charge in [-0.1, -0.05) is 6.07 Å². The molecule has 2 unspecified atom stereocenters. The van der Waals surface area contributed by atoms with Crippen LogP contribution in [0, 0.1) is 0 Å². The van der Waals surface area contributed by atoms with Gasteiger partial charge in [0.25, 0.3) is 0 Å². The maximum Gasteiger partial charge on any atom is 0.231 e. The summed E-state index contributed by atoms with van der Waals surface area (Å²) in [4.78, 5) is 0. The minimum absolute atomic E-state index is 0.105. The van der Waals surface area contributed by atoms with Crippen molar-refractivity contribution in [1.82, 2.24) is 0 Å². The summed E-state index contributed by atoms with van der Waals surface area (Å²) in [5.41, 5.74) is 0.776. The third kappa shape index (κ3) is 2.43. The lowest BCUT2D eigenvalue weighted by Gasteiger charge is -2.15. The lowest BCUT2D eigenvalue weighted by Crippen LogP contribution is -2.17. The summed E-state index contributed by atoms with van der Waals surface area (Å²) in [6.45, 7) is 1.87. The van der Waals surface area contributed by atoms with Crippen LogP contribution >= 0.6 is 0 Å². The Morgan fingerprint density at radius 3 is 3.06 bits per heavy atom. The molecule has 1 fully saturated rings. The molecule has 0 saturated carbocycles. The van der Waals surface area contributed by atoms with Crippen LogP contribution in [0.1, 0.15) is 18.1 Å². The Bertz CT molecular complexity index is 414. The highest BCUT2D eigenvalue weighted by Crippen LogP contribution is 2.34.